The summed E-state index contributed by atoms with van der Waals surface area (Å²) in [7, 11) is 0. The minimum absolute atomic E-state index is 0.0620. The molecule has 0 radical (unpaired) electrons. The number of hydrogen-bond donors (Lipinski definition) is 0. The lowest BCUT2D eigenvalue weighted by atomic mass is 10.0. The number of carbonyl (C=O) groups excluding carboxylic acids is 1. The number of hydrogen-bond acceptors (Lipinski definition) is 2. The highest BCUT2D eigenvalue weighted by Crippen LogP contribution is 2.42. The smallest absolute Gasteiger partial charge is 0.244 e. The van der Waals surface area contributed by atoms with Crippen molar-refractivity contribution in [2.75, 3.05) is 18.1 Å². The van der Waals surface area contributed by atoms with Gasteiger partial charge in [0.05, 0.1) is 5.69 Å². The highest BCUT2D eigenvalue weighted by atomic mass is 79.9. The van der Waals surface area contributed by atoms with Gasteiger partial charge in [-0.05, 0) is 30.5 Å². The van der Waals surface area contributed by atoms with E-state index >= 15 is 0 Å². The fourth-order valence-corrected chi connectivity index (χ4v) is 3.02. The molecule has 2 heterocycles. The summed E-state index contributed by atoms with van der Waals surface area (Å²) in [6.45, 7) is 1.11. The van der Waals surface area contributed by atoms with E-state index < -0.39 is 0 Å². The van der Waals surface area contributed by atoms with E-state index in [2.05, 4.69) is 15.9 Å². The van der Waals surface area contributed by atoms with Gasteiger partial charge in [-0.25, -0.2) is 0 Å². The molecule has 2 aliphatic rings. The standard InChI is InChI=1S/C12H11BrClNO2/c13-8-6-17-10-4-3-9(14)7-2-1-5-15(11(7)10)12(8)16/h3-4,8H,1-2,5-6H2. The number of rotatable bonds is 0. The minimum atomic E-state index is -0.278. The second-order valence-electron chi connectivity index (χ2n) is 4.24. The summed E-state index contributed by atoms with van der Waals surface area (Å²) in [4.78, 5) is 13.7. The molecule has 1 aromatic carbocycles. The predicted octanol–water partition coefficient (Wildman–Crippen LogP) is 2.78. The van der Waals surface area contributed by atoms with Crippen LogP contribution < -0.4 is 9.64 Å². The largest absolute Gasteiger partial charge is 0.490 e. The van der Waals surface area contributed by atoms with Crippen LogP contribution in [-0.2, 0) is 11.2 Å². The molecule has 3 rings (SSSR count). The molecule has 3 nitrogen and oxygen atoms in total. The number of benzene rings is 1. The number of amides is 1. The van der Waals surface area contributed by atoms with Crippen molar-refractivity contribution in [1.29, 1.82) is 0 Å². The Morgan fingerprint density at radius 2 is 2.29 bits per heavy atom. The monoisotopic (exact) mass is 315 g/mol. The van der Waals surface area contributed by atoms with Gasteiger partial charge in [0, 0.05) is 11.6 Å². The van der Waals surface area contributed by atoms with Crippen LogP contribution in [0, 0.1) is 0 Å². The van der Waals surface area contributed by atoms with Gasteiger partial charge in [0.2, 0.25) is 5.91 Å². The van der Waals surface area contributed by atoms with Crippen LogP contribution in [-0.4, -0.2) is 23.9 Å². The van der Waals surface area contributed by atoms with E-state index in [-0.39, 0.29) is 10.7 Å². The summed E-state index contributed by atoms with van der Waals surface area (Å²) in [6, 6.07) is 3.69. The lowest BCUT2D eigenvalue weighted by Crippen LogP contribution is -2.40. The Balaban J connectivity index is 2.20. The molecule has 0 aromatic heterocycles. The lowest BCUT2D eigenvalue weighted by molar-refractivity contribution is -0.118. The van der Waals surface area contributed by atoms with Crippen molar-refractivity contribution in [3.63, 3.8) is 0 Å². The maximum atomic E-state index is 12.2. The SMILES string of the molecule is O=C1C(Br)COc2ccc(Cl)c3c2N1CCC3. The van der Waals surface area contributed by atoms with Gasteiger partial charge >= 0.3 is 0 Å². The highest BCUT2D eigenvalue weighted by molar-refractivity contribution is 9.10. The Morgan fingerprint density at radius 1 is 1.47 bits per heavy atom. The third-order valence-electron chi connectivity index (χ3n) is 3.19. The van der Waals surface area contributed by atoms with E-state index in [0.717, 1.165) is 41.4 Å². The molecule has 0 aliphatic carbocycles. The molecular formula is C12H11BrClNO2. The molecule has 1 amide bonds. The van der Waals surface area contributed by atoms with Crippen molar-refractivity contribution in [3.8, 4) is 5.75 Å². The number of nitrogens with zero attached hydrogens (tertiary/aromatic N) is 1. The predicted molar refractivity (Wildman–Crippen MR) is 70.3 cm³/mol. The molecule has 0 bridgehead atoms. The molecule has 1 unspecified atom stereocenters. The van der Waals surface area contributed by atoms with E-state index in [1.54, 1.807) is 4.90 Å². The second kappa shape index (κ2) is 4.18. The Hall–Kier alpha value is -0.740. The van der Waals surface area contributed by atoms with Gasteiger partial charge in [0.1, 0.15) is 17.2 Å². The average molecular weight is 317 g/mol. The number of alkyl halides is 1. The van der Waals surface area contributed by atoms with Crippen molar-refractivity contribution >= 4 is 39.1 Å². The van der Waals surface area contributed by atoms with Crippen molar-refractivity contribution in [1.82, 2.24) is 0 Å². The maximum Gasteiger partial charge on any atom is 0.244 e. The van der Waals surface area contributed by atoms with Crippen molar-refractivity contribution < 1.29 is 9.53 Å². The molecule has 2 aliphatic heterocycles. The van der Waals surface area contributed by atoms with E-state index in [9.17, 15) is 4.79 Å². The normalized spacial score (nSPS) is 22.8. The summed E-state index contributed by atoms with van der Waals surface area (Å²) >= 11 is 9.55. The fraction of sp³-hybridized carbons (Fsp3) is 0.417. The van der Waals surface area contributed by atoms with Crippen LogP contribution in [0.4, 0.5) is 5.69 Å². The summed E-state index contributed by atoms with van der Waals surface area (Å²) in [5.41, 5.74) is 1.90. The third-order valence-corrected chi connectivity index (χ3v) is 4.20. The maximum absolute atomic E-state index is 12.2. The molecule has 0 fully saturated rings. The molecule has 0 saturated heterocycles. The van der Waals surface area contributed by atoms with Crippen LogP contribution in [0.15, 0.2) is 12.1 Å². The highest BCUT2D eigenvalue weighted by Gasteiger charge is 2.34. The first kappa shape index (κ1) is 11.4. The topological polar surface area (TPSA) is 29.5 Å². The first-order valence-corrected chi connectivity index (χ1v) is 6.87. The number of ether oxygens (including phenoxy) is 1. The van der Waals surface area contributed by atoms with Gasteiger partial charge in [-0.15, -0.1) is 0 Å². The van der Waals surface area contributed by atoms with Crippen LogP contribution in [0.2, 0.25) is 5.02 Å². The Morgan fingerprint density at radius 3 is 3.12 bits per heavy atom. The molecule has 90 valence electrons. The second-order valence-corrected chi connectivity index (χ2v) is 5.76. The first-order valence-electron chi connectivity index (χ1n) is 5.58. The van der Waals surface area contributed by atoms with Gasteiger partial charge in [-0.3, -0.25) is 4.79 Å². The number of anilines is 1. The zero-order valence-corrected chi connectivity index (χ0v) is 11.4. The van der Waals surface area contributed by atoms with Crippen LogP contribution in [0.3, 0.4) is 0 Å². The molecule has 0 saturated carbocycles. The Kier molecular flexibility index (Phi) is 2.79. The van der Waals surface area contributed by atoms with E-state index in [0.29, 0.717) is 6.61 Å². The molecule has 1 aromatic rings. The van der Waals surface area contributed by atoms with Crippen LogP contribution in [0.25, 0.3) is 0 Å². The third kappa shape index (κ3) is 1.74. The van der Waals surface area contributed by atoms with E-state index in [4.69, 9.17) is 16.3 Å². The molecule has 17 heavy (non-hydrogen) atoms. The van der Waals surface area contributed by atoms with Crippen molar-refractivity contribution in [3.05, 3.63) is 22.7 Å². The zero-order chi connectivity index (χ0) is 12.0. The number of carbonyl (C=O) groups is 1. The molecular weight excluding hydrogens is 305 g/mol. The van der Waals surface area contributed by atoms with Crippen LogP contribution in [0.1, 0.15) is 12.0 Å². The average Bonchev–Trinajstić information content (AvgIpc) is 2.47. The quantitative estimate of drug-likeness (QED) is 0.689. The molecule has 0 spiro atoms. The molecule has 1 atom stereocenters. The van der Waals surface area contributed by atoms with Crippen LogP contribution in [0.5, 0.6) is 5.75 Å². The van der Waals surface area contributed by atoms with E-state index in [1.807, 2.05) is 12.1 Å². The Labute approximate surface area is 113 Å². The number of halogens is 2. The summed E-state index contributed by atoms with van der Waals surface area (Å²) in [5.74, 6) is 0.825. The fourth-order valence-electron chi connectivity index (χ4n) is 2.39. The summed E-state index contributed by atoms with van der Waals surface area (Å²) < 4.78 is 5.66. The van der Waals surface area contributed by atoms with E-state index in [1.165, 1.54) is 0 Å². The summed E-state index contributed by atoms with van der Waals surface area (Å²) in [6.07, 6.45) is 1.85. The van der Waals surface area contributed by atoms with Gasteiger partial charge < -0.3 is 9.64 Å². The van der Waals surface area contributed by atoms with Gasteiger partial charge in [0.25, 0.3) is 0 Å². The van der Waals surface area contributed by atoms with Crippen molar-refractivity contribution in [2.45, 2.75) is 17.7 Å². The van der Waals surface area contributed by atoms with Gasteiger partial charge in [0.15, 0.2) is 0 Å². The molecule has 5 heteroatoms. The van der Waals surface area contributed by atoms with Gasteiger partial charge in [-0.2, -0.15) is 0 Å². The van der Waals surface area contributed by atoms with Crippen LogP contribution >= 0.6 is 27.5 Å². The Bertz CT molecular complexity index is 492. The minimum Gasteiger partial charge on any atom is -0.490 e. The summed E-state index contributed by atoms with van der Waals surface area (Å²) in [5, 5.41) is 0.720. The first-order chi connectivity index (χ1) is 8.18. The van der Waals surface area contributed by atoms with Crippen molar-refractivity contribution in [2.24, 2.45) is 0 Å². The molecule has 0 N–H and O–H groups in total. The van der Waals surface area contributed by atoms with Gasteiger partial charge in [-0.1, -0.05) is 27.5 Å². The zero-order valence-electron chi connectivity index (χ0n) is 9.08. The lowest BCUT2D eigenvalue weighted by Gasteiger charge is -2.30.